The van der Waals surface area contributed by atoms with Crippen molar-refractivity contribution in [2.24, 2.45) is 5.73 Å². The van der Waals surface area contributed by atoms with Gasteiger partial charge in [-0.15, -0.1) is 0 Å². The topological polar surface area (TPSA) is 48.4 Å². The molecule has 0 unspecified atom stereocenters. The molecule has 1 aromatic rings. The lowest BCUT2D eigenvalue weighted by atomic mass is 9.98. The van der Waals surface area contributed by atoms with Crippen molar-refractivity contribution in [2.75, 3.05) is 0 Å². The lowest BCUT2D eigenvalue weighted by molar-refractivity contribution is 0.0164. The molecule has 90 valence electrons. The van der Waals surface area contributed by atoms with Crippen LogP contribution in [0.2, 0.25) is 0 Å². The van der Waals surface area contributed by atoms with Crippen molar-refractivity contribution in [3.05, 3.63) is 23.2 Å². The molecule has 1 aliphatic rings. The smallest absolute Gasteiger partial charge is 0.118 e. The molecular formula is C13H21NO2. The summed E-state index contributed by atoms with van der Waals surface area (Å²) in [5, 5.41) is 0. The molecule has 3 nitrogen and oxygen atoms in total. The minimum Gasteiger partial charge on any atom is -0.465 e. The van der Waals surface area contributed by atoms with Crippen molar-refractivity contribution in [3.63, 3.8) is 0 Å². The van der Waals surface area contributed by atoms with Crippen molar-refractivity contribution in [1.82, 2.24) is 0 Å². The second-order valence-electron chi connectivity index (χ2n) is 4.57. The molecule has 0 radical (unpaired) electrons. The fraction of sp³-hybridized carbons (Fsp3) is 0.692. The minimum atomic E-state index is 0.448. The van der Waals surface area contributed by atoms with Gasteiger partial charge in [-0.1, -0.05) is 19.3 Å². The molecule has 0 spiro atoms. The highest BCUT2D eigenvalue weighted by Gasteiger charge is 2.15. The molecule has 0 aliphatic heterocycles. The summed E-state index contributed by atoms with van der Waals surface area (Å²) < 4.78 is 11.4. The number of hydrogen-bond donors (Lipinski definition) is 1. The zero-order valence-electron chi connectivity index (χ0n) is 10.00. The quantitative estimate of drug-likeness (QED) is 0.853. The van der Waals surface area contributed by atoms with E-state index in [0.29, 0.717) is 19.3 Å². The van der Waals surface area contributed by atoms with Gasteiger partial charge in [0.1, 0.15) is 11.5 Å². The Morgan fingerprint density at radius 2 is 2.12 bits per heavy atom. The van der Waals surface area contributed by atoms with Crippen LogP contribution in [0.15, 0.2) is 10.5 Å². The van der Waals surface area contributed by atoms with Crippen molar-refractivity contribution in [1.29, 1.82) is 0 Å². The Morgan fingerprint density at radius 3 is 2.75 bits per heavy atom. The Morgan fingerprint density at radius 1 is 1.38 bits per heavy atom. The molecule has 0 bridgehead atoms. The summed E-state index contributed by atoms with van der Waals surface area (Å²) >= 11 is 0. The maximum absolute atomic E-state index is 5.91. The van der Waals surface area contributed by atoms with Crippen LogP contribution in [0.25, 0.3) is 0 Å². The standard InChI is InChI=1S/C13H21NO2/c1-10-11(7-13(8-14)16-10)9-15-12-5-3-2-4-6-12/h7,12H,2-6,8-9,14H2,1H3. The second kappa shape index (κ2) is 5.51. The summed E-state index contributed by atoms with van der Waals surface area (Å²) in [6.45, 7) is 3.10. The third kappa shape index (κ3) is 2.86. The molecule has 0 amide bonds. The monoisotopic (exact) mass is 223 g/mol. The summed E-state index contributed by atoms with van der Waals surface area (Å²) in [6.07, 6.45) is 6.85. The average molecular weight is 223 g/mol. The molecule has 0 saturated heterocycles. The Hall–Kier alpha value is -0.800. The van der Waals surface area contributed by atoms with E-state index < -0.39 is 0 Å². The van der Waals surface area contributed by atoms with Gasteiger partial charge in [-0.05, 0) is 25.8 Å². The van der Waals surface area contributed by atoms with Crippen molar-refractivity contribution in [3.8, 4) is 0 Å². The summed E-state index contributed by atoms with van der Waals surface area (Å²) in [7, 11) is 0. The lowest BCUT2D eigenvalue weighted by Gasteiger charge is -2.21. The molecule has 2 rings (SSSR count). The first kappa shape index (κ1) is 11.7. The van der Waals surface area contributed by atoms with Crippen LogP contribution in [-0.2, 0) is 17.9 Å². The van der Waals surface area contributed by atoms with Crippen LogP contribution in [0.4, 0.5) is 0 Å². The van der Waals surface area contributed by atoms with E-state index in [2.05, 4.69) is 0 Å². The first-order chi connectivity index (χ1) is 7.79. The lowest BCUT2D eigenvalue weighted by Crippen LogP contribution is -2.16. The fourth-order valence-corrected chi connectivity index (χ4v) is 2.27. The van der Waals surface area contributed by atoms with Gasteiger partial charge in [0, 0.05) is 5.56 Å². The van der Waals surface area contributed by atoms with Crippen LogP contribution in [0.5, 0.6) is 0 Å². The highest BCUT2D eigenvalue weighted by atomic mass is 16.5. The van der Waals surface area contributed by atoms with Crippen LogP contribution < -0.4 is 5.73 Å². The minimum absolute atomic E-state index is 0.448. The Labute approximate surface area is 97.0 Å². The highest BCUT2D eigenvalue weighted by molar-refractivity contribution is 5.19. The van der Waals surface area contributed by atoms with E-state index in [4.69, 9.17) is 14.9 Å². The zero-order valence-corrected chi connectivity index (χ0v) is 10.00. The SMILES string of the molecule is Cc1oc(CN)cc1COC1CCCCC1. The van der Waals surface area contributed by atoms with Gasteiger partial charge in [-0.25, -0.2) is 0 Å². The molecule has 3 heteroatoms. The van der Waals surface area contributed by atoms with E-state index >= 15 is 0 Å². The summed E-state index contributed by atoms with van der Waals surface area (Å²) in [4.78, 5) is 0. The van der Waals surface area contributed by atoms with Crippen LogP contribution in [0.1, 0.15) is 49.2 Å². The molecule has 0 atom stereocenters. The van der Waals surface area contributed by atoms with Gasteiger partial charge in [0.05, 0.1) is 19.3 Å². The third-order valence-corrected chi connectivity index (χ3v) is 3.30. The van der Waals surface area contributed by atoms with Gasteiger partial charge in [0.25, 0.3) is 0 Å². The normalized spacial score (nSPS) is 17.9. The molecule has 1 aromatic heterocycles. The van der Waals surface area contributed by atoms with Gasteiger partial charge in [0.15, 0.2) is 0 Å². The predicted molar refractivity (Wildman–Crippen MR) is 63.0 cm³/mol. The second-order valence-corrected chi connectivity index (χ2v) is 4.57. The van der Waals surface area contributed by atoms with E-state index in [-0.39, 0.29) is 0 Å². The van der Waals surface area contributed by atoms with Gasteiger partial charge in [-0.3, -0.25) is 0 Å². The van der Waals surface area contributed by atoms with E-state index in [1.54, 1.807) is 0 Å². The maximum Gasteiger partial charge on any atom is 0.118 e. The summed E-state index contributed by atoms with van der Waals surface area (Å²) in [5.74, 6) is 1.79. The Bertz CT molecular complexity index is 327. The average Bonchev–Trinajstić information content (AvgIpc) is 2.69. The molecule has 1 fully saturated rings. The van der Waals surface area contributed by atoms with Gasteiger partial charge in [0.2, 0.25) is 0 Å². The van der Waals surface area contributed by atoms with Crippen LogP contribution in [0, 0.1) is 6.92 Å². The van der Waals surface area contributed by atoms with Crippen molar-refractivity contribution >= 4 is 0 Å². The van der Waals surface area contributed by atoms with E-state index in [0.717, 1.165) is 17.1 Å². The first-order valence-corrected chi connectivity index (χ1v) is 6.19. The summed E-state index contributed by atoms with van der Waals surface area (Å²) in [5.41, 5.74) is 6.68. The summed E-state index contributed by atoms with van der Waals surface area (Å²) in [6, 6.07) is 2.01. The number of furan rings is 1. The Balaban J connectivity index is 1.85. The molecular weight excluding hydrogens is 202 g/mol. The molecule has 1 aliphatic carbocycles. The number of rotatable bonds is 4. The predicted octanol–water partition coefficient (Wildman–Crippen LogP) is 2.90. The van der Waals surface area contributed by atoms with E-state index in [1.807, 2.05) is 13.0 Å². The molecule has 1 heterocycles. The maximum atomic E-state index is 5.91. The van der Waals surface area contributed by atoms with E-state index in [1.165, 1.54) is 32.1 Å². The van der Waals surface area contributed by atoms with Crippen molar-refractivity contribution < 1.29 is 9.15 Å². The number of ether oxygens (including phenoxy) is 1. The largest absolute Gasteiger partial charge is 0.465 e. The van der Waals surface area contributed by atoms with Crippen LogP contribution >= 0.6 is 0 Å². The fourth-order valence-electron chi connectivity index (χ4n) is 2.27. The number of aryl methyl sites for hydroxylation is 1. The van der Waals surface area contributed by atoms with Crippen LogP contribution in [0.3, 0.4) is 0 Å². The number of nitrogens with two attached hydrogens (primary N) is 1. The first-order valence-electron chi connectivity index (χ1n) is 6.19. The van der Waals surface area contributed by atoms with Gasteiger partial charge >= 0.3 is 0 Å². The van der Waals surface area contributed by atoms with E-state index in [9.17, 15) is 0 Å². The molecule has 16 heavy (non-hydrogen) atoms. The van der Waals surface area contributed by atoms with Gasteiger partial charge in [-0.2, -0.15) is 0 Å². The third-order valence-electron chi connectivity index (χ3n) is 3.30. The zero-order chi connectivity index (χ0) is 11.4. The molecule has 1 saturated carbocycles. The van der Waals surface area contributed by atoms with Gasteiger partial charge < -0.3 is 14.9 Å². The molecule has 0 aromatic carbocycles. The van der Waals surface area contributed by atoms with Crippen molar-refractivity contribution in [2.45, 2.75) is 58.3 Å². The molecule has 2 N–H and O–H groups in total. The number of hydrogen-bond acceptors (Lipinski definition) is 3. The van der Waals surface area contributed by atoms with Crippen LogP contribution in [-0.4, -0.2) is 6.10 Å². The Kier molecular flexibility index (Phi) is 4.02. The highest BCUT2D eigenvalue weighted by Crippen LogP contribution is 2.23.